The van der Waals surface area contributed by atoms with Gasteiger partial charge in [0, 0.05) is 31.6 Å². The van der Waals surface area contributed by atoms with Crippen LogP contribution in [0.1, 0.15) is 10.6 Å². The highest BCUT2D eigenvalue weighted by Gasteiger charge is 2.27. The summed E-state index contributed by atoms with van der Waals surface area (Å²) in [4.78, 5) is 8.20. The van der Waals surface area contributed by atoms with Crippen LogP contribution < -0.4 is 0 Å². The molecule has 1 saturated heterocycles. The Kier molecular flexibility index (Phi) is 5.70. The predicted molar refractivity (Wildman–Crippen MR) is 111 cm³/mol. The Morgan fingerprint density at radius 2 is 1.74 bits per heavy atom. The number of thiazole rings is 1. The van der Waals surface area contributed by atoms with Crippen molar-refractivity contribution in [1.82, 2.24) is 14.2 Å². The van der Waals surface area contributed by atoms with E-state index in [-0.39, 0.29) is 5.75 Å². The fourth-order valence-corrected chi connectivity index (χ4v) is 6.27. The number of thiophene rings is 1. The molecule has 0 spiro atoms. The summed E-state index contributed by atoms with van der Waals surface area (Å²) in [6.07, 6.45) is 0. The first-order valence-electron chi connectivity index (χ1n) is 8.82. The average Bonchev–Trinajstić information content (AvgIpc) is 3.34. The molecule has 8 heteroatoms. The number of aromatic nitrogens is 1. The van der Waals surface area contributed by atoms with Crippen molar-refractivity contribution in [2.24, 2.45) is 0 Å². The van der Waals surface area contributed by atoms with Crippen LogP contribution in [-0.2, 0) is 22.3 Å². The van der Waals surface area contributed by atoms with Gasteiger partial charge in [-0.2, -0.15) is 4.31 Å². The Labute approximate surface area is 168 Å². The van der Waals surface area contributed by atoms with E-state index in [0.29, 0.717) is 13.1 Å². The SMILES string of the molecule is O=S(=O)(Cc1ccccc1)N1CCN(Cc2nc(-c3cccs3)cs2)CC1. The van der Waals surface area contributed by atoms with Gasteiger partial charge in [-0.25, -0.2) is 13.4 Å². The highest BCUT2D eigenvalue weighted by Crippen LogP contribution is 2.26. The van der Waals surface area contributed by atoms with E-state index in [2.05, 4.69) is 21.7 Å². The number of hydrogen-bond donors (Lipinski definition) is 0. The predicted octanol–water partition coefficient (Wildman–Crippen LogP) is 3.52. The standard InChI is InChI=1S/C19H21N3O2S3/c23-27(24,15-16-5-2-1-3-6-16)22-10-8-21(9-11-22)13-19-20-17(14-26-19)18-7-4-12-25-18/h1-7,12,14H,8-11,13,15H2. The minimum Gasteiger partial charge on any atom is -0.294 e. The van der Waals surface area contributed by atoms with Gasteiger partial charge < -0.3 is 0 Å². The minimum absolute atomic E-state index is 0.0739. The van der Waals surface area contributed by atoms with Gasteiger partial charge in [0.15, 0.2) is 0 Å². The Bertz CT molecular complexity index is 961. The molecule has 2 aromatic heterocycles. The second-order valence-corrected chi connectivity index (χ2v) is 10.4. The maximum absolute atomic E-state index is 12.7. The summed E-state index contributed by atoms with van der Waals surface area (Å²) in [6.45, 7) is 3.34. The lowest BCUT2D eigenvalue weighted by Crippen LogP contribution is -2.48. The topological polar surface area (TPSA) is 53.5 Å². The van der Waals surface area contributed by atoms with Crippen molar-refractivity contribution in [2.45, 2.75) is 12.3 Å². The first kappa shape index (κ1) is 18.8. The highest BCUT2D eigenvalue weighted by molar-refractivity contribution is 7.88. The van der Waals surface area contributed by atoms with Gasteiger partial charge in [-0.1, -0.05) is 36.4 Å². The van der Waals surface area contributed by atoms with Crippen LogP contribution in [0.2, 0.25) is 0 Å². The van der Waals surface area contributed by atoms with Crippen LogP contribution in [0.4, 0.5) is 0 Å². The van der Waals surface area contributed by atoms with Crippen molar-refractivity contribution in [3.63, 3.8) is 0 Å². The van der Waals surface area contributed by atoms with Gasteiger partial charge in [0.1, 0.15) is 5.01 Å². The van der Waals surface area contributed by atoms with E-state index in [9.17, 15) is 8.42 Å². The maximum Gasteiger partial charge on any atom is 0.218 e. The molecular weight excluding hydrogens is 398 g/mol. The summed E-state index contributed by atoms with van der Waals surface area (Å²) in [5.74, 6) is 0.0739. The lowest BCUT2D eigenvalue weighted by Gasteiger charge is -2.33. The molecule has 0 atom stereocenters. The third-order valence-corrected chi connectivity index (χ3v) is 8.18. The van der Waals surface area contributed by atoms with Crippen molar-refractivity contribution in [3.8, 4) is 10.6 Å². The molecule has 1 aliphatic rings. The summed E-state index contributed by atoms with van der Waals surface area (Å²) in [5.41, 5.74) is 1.87. The lowest BCUT2D eigenvalue weighted by molar-refractivity contribution is 0.181. The molecular formula is C19H21N3O2S3. The molecule has 0 unspecified atom stereocenters. The van der Waals surface area contributed by atoms with Crippen LogP contribution in [0.25, 0.3) is 10.6 Å². The average molecular weight is 420 g/mol. The molecule has 142 valence electrons. The smallest absolute Gasteiger partial charge is 0.218 e. The maximum atomic E-state index is 12.7. The van der Waals surface area contributed by atoms with E-state index in [4.69, 9.17) is 4.98 Å². The van der Waals surface area contributed by atoms with Gasteiger partial charge in [-0.05, 0) is 17.0 Å². The van der Waals surface area contributed by atoms with Crippen LogP contribution in [0.15, 0.2) is 53.2 Å². The van der Waals surface area contributed by atoms with Crippen molar-refractivity contribution < 1.29 is 8.42 Å². The Hall–Kier alpha value is -1.58. The highest BCUT2D eigenvalue weighted by atomic mass is 32.2. The molecule has 5 nitrogen and oxygen atoms in total. The molecule has 0 N–H and O–H groups in total. The number of nitrogens with zero attached hydrogens (tertiary/aromatic N) is 3. The van der Waals surface area contributed by atoms with E-state index in [1.165, 1.54) is 4.88 Å². The molecule has 1 aromatic carbocycles. The Morgan fingerprint density at radius 1 is 0.963 bits per heavy atom. The van der Waals surface area contributed by atoms with Crippen LogP contribution in [0, 0.1) is 0 Å². The van der Waals surface area contributed by atoms with Crippen molar-refractivity contribution >= 4 is 32.7 Å². The summed E-state index contributed by atoms with van der Waals surface area (Å²) < 4.78 is 26.9. The summed E-state index contributed by atoms with van der Waals surface area (Å²) in [6, 6.07) is 13.5. The van der Waals surface area contributed by atoms with Crippen LogP contribution in [0.3, 0.4) is 0 Å². The van der Waals surface area contributed by atoms with Crippen LogP contribution in [-0.4, -0.2) is 48.8 Å². The molecule has 0 saturated carbocycles. The Balaban J connectivity index is 1.32. The van der Waals surface area contributed by atoms with E-state index in [0.717, 1.165) is 35.9 Å². The van der Waals surface area contributed by atoms with Gasteiger partial charge in [0.2, 0.25) is 10.0 Å². The summed E-state index contributed by atoms with van der Waals surface area (Å²) >= 11 is 3.37. The van der Waals surface area contributed by atoms with E-state index < -0.39 is 10.0 Å². The van der Waals surface area contributed by atoms with Crippen LogP contribution in [0.5, 0.6) is 0 Å². The fourth-order valence-electron chi connectivity index (χ4n) is 3.15. The molecule has 27 heavy (non-hydrogen) atoms. The van der Waals surface area contributed by atoms with Crippen molar-refractivity contribution in [3.05, 3.63) is 63.8 Å². The molecule has 0 radical (unpaired) electrons. The fraction of sp³-hybridized carbons (Fsp3) is 0.316. The van der Waals surface area contributed by atoms with Gasteiger partial charge in [0.05, 0.1) is 22.9 Å². The second-order valence-electron chi connectivity index (χ2n) is 6.52. The zero-order valence-electron chi connectivity index (χ0n) is 14.8. The molecule has 4 rings (SSSR count). The van der Waals surface area contributed by atoms with E-state index in [1.54, 1.807) is 27.0 Å². The zero-order valence-corrected chi connectivity index (χ0v) is 17.3. The third kappa shape index (κ3) is 4.64. The molecule has 3 aromatic rings. The van der Waals surface area contributed by atoms with Gasteiger partial charge in [0.25, 0.3) is 0 Å². The molecule has 0 aliphatic carbocycles. The monoisotopic (exact) mass is 419 g/mol. The van der Waals surface area contributed by atoms with Gasteiger partial charge in [-0.3, -0.25) is 4.90 Å². The summed E-state index contributed by atoms with van der Waals surface area (Å²) in [7, 11) is -3.26. The number of benzene rings is 1. The summed E-state index contributed by atoms with van der Waals surface area (Å²) in [5, 5.41) is 5.24. The van der Waals surface area contributed by atoms with Gasteiger partial charge >= 0.3 is 0 Å². The molecule has 0 amide bonds. The second kappa shape index (κ2) is 8.20. The normalized spacial score (nSPS) is 16.6. The Morgan fingerprint density at radius 3 is 2.44 bits per heavy atom. The zero-order chi connectivity index (χ0) is 18.7. The van der Waals surface area contributed by atoms with E-state index in [1.807, 2.05) is 36.4 Å². The molecule has 3 heterocycles. The largest absolute Gasteiger partial charge is 0.294 e. The van der Waals surface area contributed by atoms with Crippen LogP contribution >= 0.6 is 22.7 Å². The number of sulfonamides is 1. The molecule has 0 bridgehead atoms. The lowest BCUT2D eigenvalue weighted by atomic mass is 10.2. The third-order valence-electron chi connectivity index (χ3n) is 4.60. The number of piperazine rings is 1. The molecule has 1 aliphatic heterocycles. The van der Waals surface area contributed by atoms with Crippen molar-refractivity contribution in [1.29, 1.82) is 0 Å². The first-order chi connectivity index (χ1) is 13.1. The first-order valence-corrected chi connectivity index (χ1v) is 12.2. The van der Waals surface area contributed by atoms with Gasteiger partial charge in [-0.15, -0.1) is 22.7 Å². The molecule has 1 fully saturated rings. The number of hydrogen-bond acceptors (Lipinski definition) is 6. The number of rotatable bonds is 6. The minimum atomic E-state index is -3.26. The van der Waals surface area contributed by atoms with Crippen molar-refractivity contribution in [2.75, 3.05) is 26.2 Å². The van der Waals surface area contributed by atoms with E-state index >= 15 is 0 Å². The quantitative estimate of drug-likeness (QED) is 0.613.